The Bertz CT molecular complexity index is 980. The van der Waals surface area contributed by atoms with Crippen molar-refractivity contribution in [1.29, 1.82) is 0 Å². The first-order chi connectivity index (χ1) is 12.6. The van der Waals surface area contributed by atoms with E-state index >= 15 is 0 Å². The maximum atomic E-state index is 12.2. The van der Waals surface area contributed by atoms with Crippen molar-refractivity contribution in [2.75, 3.05) is 0 Å². The number of rotatable bonds is 4. The summed E-state index contributed by atoms with van der Waals surface area (Å²) in [6, 6.07) is 15.4. The SMILES string of the molecule is O=C(Cn1nnc(-c2ccccc2)n1)ON1C(=O)c2ccccc2C1=O. The molecule has 0 bridgehead atoms. The van der Waals surface area contributed by atoms with Crippen LogP contribution in [-0.2, 0) is 16.2 Å². The summed E-state index contributed by atoms with van der Waals surface area (Å²) >= 11 is 0. The Morgan fingerprint density at radius 1 is 0.923 bits per heavy atom. The highest BCUT2D eigenvalue weighted by atomic mass is 16.7. The molecule has 0 atom stereocenters. The van der Waals surface area contributed by atoms with Crippen LogP contribution in [0.4, 0.5) is 0 Å². The fourth-order valence-corrected chi connectivity index (χ4v) is 2.51. The monoisotopic (exact) mass is 349 g/mol. The van der Waals surface area contributed by atoms with E-state index in [0.29, 0.717) is 10.9 Å². The zero-order valence-electron chi connectivity index (χ0n) is 13.3. The first kappa shape index (κ1) is 15.6. The van der Waals surface area contributed by atoms with Gasteiger partial charge in [-0.1, -0.05) is 47.5 Å². The van der Waals surface area contributed by atoms with Gasteiger partial charge in [0.05, 0.1) is 11.1 Å². The van der Waals surface area contributed by atoms with Crippen LogP contribution in [0.3, 0.4) is 0 Å². The van der Waals surface area contributed by atoms with E-state index in [9.17, 15) is 14.4 Å². The van der Waals surface area contributed by atoms with Gasteiger partial charge in [-0.2, -0.15) is 4.80 Å². The molecule has 128 valence electrons. The Kier molecular flexibility index (Phi) is 3.73. The van der Waals surface area contributed by atoms with Crippen molar-refractivity contribution in [3.8, 4) is 11.4 Å². The average Bonchev–Trinajstić information content (AvgIpc) is 3.22. The summed E-state index contributed by atoms with van der Waals surface area (Å²) in [5, 5.41) is 12.2. The van der Waals surface area contributed by atoms with Crippen LogP contribution in [0.15, 0.2) is 54.6 Å². The van der Waals surface area contributed by atoms with Crippen LogP contribution in [0, 0.1) is 0 Å². The first-order valence-corrected chi connectivity index (χ1v) is 7.65. The Hall–Kier alpha value is -3.88. The number of carbonyl (C=O) groups excluding carboxylic acids is 3. The lowest BCUT2D eigenvalue weighted by Crippen LogP contribution is -2.34. The fraction of sp³-hybridized carbons (Fsp3) is 0.0588. The lowest BCUT2D eigenvalue weighted by atomic mass is 10.1. The summed E-state index contributed by atoms with van der Waals surface area (Å²) in [4.78, 5) is 42.3. The Labute approximate surface area is 146 Å². The van der Waals surface area contributed by atoms with Gasteiger partial charge in [-0.25, -0.2) is 4.79 Å². The Morgan fingerprint density at radius 3 is 2.19 bits per heavy atom. The molecular formula is C17H11N5O4. The molecule has 26 heavy (non-hydrogen) atoms. The number of imide groups is 1. The summed E-state index contributed by atoms with van der Waals surface area (Å²) in [5.74, 6) is -1.89. The van der Waals surface area contributed by atoms with E-state index in [2.05, 4.69) is 15.4 Å². The van der Waals surface area contributed by atoms with E-state index in [1.54, 1.807) is 24.3 Å². The number of hydrogen-bond acceptors (Lipinski definition) is 7. The Balaban J connectivity index is 1.45. The number of nitrogens with zero attached hydrogens (tertiary/aromatic N) is 5. The van der Waals surface area contributed by atoms with Gasteiger partial charge in [0.15, 0.2) is 6.54 Å². The molecule has 1 aliphatic rings. The smallest absolute Gasteiger partial charge is 0.328 e. The molecule has 0 unspecified atom stereocenters. The number of fused-ring (bicyclic) bond motifs is 1. The topological polar surface area (TPSA) is 107 Å². The molecule has 1 aliphatic heterocycles. The highest BCUT2D eigenvalue weighted by Crippen LogP contribution is 2.22. The van der Waals surface area contributed by atoms with Crippen LogP contribution in [0.25, 0.3) is 11.4 Å². The van der Waals surface area contributed by atoms with Gasteiger partial charge in [-0.15, -0.1) is 10.2 Å². The molecule has 0 saturated heterocycles. The maximum Gasteiger partial charge on any atom is 0.356 e. The van der Waals surface area contributed by atoms with Gasteiger partial charge in [0, 0.05) is 5.56 Å². The quantitative estimate of drug-likeness (QED) is 0.649. The molecule has 2 heterocycles. The normalized spacial score (nSPS) is 13.0. The second-order valence-electron chi connectivity index (χ2n) is 5.42. The third-order valence-electron chi connectivity index (χ3n) is 3.71. The first-order valence-electron chi connectivity index (χ1n) is 7.65. The minimum atomic E-state index is -0.864. The van der Waals surface area contributed by atoms with E-state index in [1.165, 1.54) is 12.1 Å². The van der Waals surface area contributed by atoms with Gasteiger partial charge in [-0.05, 0) is 17.3 Å². The van der Waals surface area contributed by atoms with Crippen molar-refractivity contribution >= 4 is 17.8 Å². The molecule has 0 fully saturated rings. The zero-order chi connectivity index (χ0) is 18.1. The van der Waals surface area contributed by atoms with Crippen molar-refractivity contribution in [2.24, 2.45) is 0 Å². The number of hydrogen-bond donors (Lipinski definition) is 0. The predicted octanol–water partition coefficient (Wildman–Crippen LogP) is 1.09. The van der Waals surface area contributed by atoms with E-state index in [-0.39, 0.29) is 11.1 Å². The van der Waals surface area contributed by atoms with E-state index in [0.717, 1.165) is 10.4 Å². The zero-order valence-corrected chi connectivity index (χ0v) is 13.3. The third kappa shape index (κ3) is 2.71. The minimum absolute atomic E-state index is 0.190. The number of tetrazole rings is 1. The molecule has 0 saturated carbocycles. The molecule has 0 N–H and O–H groups in total. The fourth-order valence-electron chi connectivity index (χ4n) is 2.51. The summed E-state index contributed by atoms with van der Waals surface area (Å²) in [6.07, 6.45) is 0. The second-order valence-corrected chi connectivity index (χ2v) is 5.42. The molecule has 9 heteroatoms. The number of amides is 2. The predicted molar refractivity (Wildman–Crippen MR) is 86.3 cm³/mol. The van der Waals surface area contributed by atoms with E-state index in [1.807, 2.05) is 18.2 Å². The summed E-state index contributed by atoms with van der Waals surface area (Å²) in [5.41, 5.74) is 1.12. The molecule has 0 spiro atoms. The van der Waals surface area contributed by atoms with Crippen molar-refractivity contribution in [1.82, 2.24) is 25.3 Å². The summed E-state index contributed by atoms with van der Waals surface area (Å²) in [6.45, 7) is -0.396. The van der Waals surface area contributed by atoms with Crippen LogP contribution in [-0.4, -0.2) is 43.1 Å². The van der Waals surface area contributed by atoms with Crippen LogP contribution < -0.4 is 0 Å². The number of hydroxylamine groups is 2. The molecule has 2 aromatic carbocycles. The summed E-state index contributed by atoms with van der Waals surface area (Å²) < 4.78 is 0. The molecule has 2 amide bonds. The number of aromatic nitrogens is 4. The number of carbonyl (C=O) groups is 3. The van der Waals surface area contributed by atoms with Gasteiger partial charge in [0.2, 0.25) is 5.82 Å². The van der Waals surface area contributed by atoms with Gasteiger partial charge in [0.1, 0.15) is 0 Å². The summed E-state index contributed by atoms with van der Waals surface area (Å²) in [7, 11) is 0. The lowest BCUT2D eigenvalue weighted by Gasteiger charge is -2.11. The third-order valence-corrected chi connectivity index (χ3v) is 3.71. The van der Waals surface area contributed by atoms with Crippen LogP contribution in [0.2, 0.25) is 0 Å². The minimum Gasteiger partial charge on any atom is -0.328 e. The Morgan fingerprint density at radius 2 is 1.54 bits per heavy atom. The highest BCUT2D eigenvalue weighted by Gasteiger charge is 2.38. The van der Waals surface area contributed by atoms with Crippen molar-refractivity contribution < 1.29 is 19.2 Å². The molecular weight excluding hydrogens is 338 g/mol. The molecule has 9 nitrogen and oxygen atoms in total. The van der Waals surface area contributed by atoms with Gasteiger partial charge in [-0.3, -0.25) is 9.59 Å². The van der Waals surface area contributed by atoms with Gasteiger partial charge < -0.3 is 4.84 Å². The van der Waals surface area contributed by atoms with Crippen molar-refractivity contribution in [2.45, 2.75) is 6.54 Å². The molecule has 1 aromatic heterocycles. The van der Waals surface area contributed by atoms with E-state index in [4.69, 9.17) is 4.84 Å². The van der Waals surface area contributed by atoms with E-state index < -0.39 is 24.3 Å². The van der Waals surface area contributed by atoms with Crippen molar-refractivity contribution in [3.63, 3.8) is 0 Å². The second kappa shape index (κ2) is 6.20. The largest absolute Gasteiger partial charge is 0.356 e. The van der Waals surface area contributed by atoms with Crippen LogP contribution in [0.5, 0.6) is 0 Å². The van der Waals surface area contributed by atoms with Gasteiger partial charge >= 0.3 is 5.97 Å². The van der Waals surface area contributed by atoms with Crippen molar-refractivity contribution in [3.05, 3.63) is 65.7 Å². The van der Waals surface area contributed by atoms with Crippen LogP contribution in [0.1, 0.15) is 20.7 Å². The average molecular weight is 349 g/mol. The lowest BCUT2D eigenvalue weighted by molar-refractivity contribution is -0.169. The number of benzene rings is 2. The molecule has 0 aliphatic carbocycles. The van der Waals surface area contributed by atoms with Crippen LogP contribution >= 0.6 is 0 Å². The molecule has 3 aromatic rings. The maximum absolute atomic E-state index is 12.2. The van der Waals surface area contributed by atoms with Gasteiger partial charge in [0.25, 0.3) is 11.8 Å². The highest BCUT2D eigenvalue weighted by molar-refractivity contribution is 6.20. The molecule has 4 rings (SSSR count). The molecule has 0 radical (unpaired) electrons. The standard InChI is InChI=1S/C17H11N5O4/c23-14(10-21-19-15(18-20-21)11-6-2-1-3-7-11)26-22-16(24)12-8-4-5-9-13(12)17(22)25/h1-9H,10H2.